The van der Waals surface area contributed by atoms with Gasteiger partial charge in [0.25, 0.3) is 0 Å². The zero-order valence-electron chi connectivity index (χ0n) is 13.3. The predicted molar refractivity (Wildman–Crippen MR) is 85.0 cm³/mol. The third kappa shape index (κ3) is 4.46. The van der Waals surface area contributed by atoms with Gasteiger partial charge in [-0.2, -0.15) is 0 Å². The van der Waals surface area contributed by atoms with Gasteiger partial charge in [0, 0.05) is 25.2 Å². The molecule has 1 heterocycles. The summed E-state index contributed by atoms with van der Waals surface area (Å²) < 4.78 is 5.09. The van der Waals surface area contributed by atoms with E-state index in [2.05, 4.69) is 5.32 Å². The lowest BCUT2D eigenvalue weighted by Gasteiger charge is -2.17. The highest BCUT2D eigenvalue weighted by molar-refractivity contribution is 5.96. The number of anilines is 1. The average molecular weight is 305 g/mol. The van der Waals surface area contributed by atoms with E-state index in [1.54, 1.807) is 4.90 Å². The molecule has 1 atom stereocenters. The molecule has 6 heteroatoms. The summed E-state index contributed by atoms with van der Waals surface area (Å²) in [7, 11) is 3.83. The first kappa shape index (κ1) is 16.3. The second-order valence-corrected chi connectivity index (χ2v) is 5.82. The quantitative estimate of drug-likeness (QED) is 0.893. The second kappa shape index (κ2) is 7.26. The fraction of sp³-hybridized carbons (Fsp3) is 0.500. The van der Waals surface area contributed by atoms with Gasteiger partial charge in [0.05, 0.1) is 6.04 Å². The number of rotatable bonds is 5. The summed E-state index contributed by atoms with van der Waals surface area (Å²) in [6, 6.07) is 7.58. The molecule has 1 saturated heterocycles. The molecule has 22 heavy (non-hydrogen) atoms. The van der Waals surface area contributed by atoms with Crippen LogP contribution in [-0.2, 0) is 9.53 Å². The molecule has 0 unspecified atom stereocenters. The number of nitrogens with one attached hydrogen (secondary N) is 1. The molecular weight excluding hydrogens is 282 g/mol. The van der Waals surface area contributed by atoms with Gasteiger partial charge in [0.2, 0.25) is 5.91 Å². The first-order chi connectivity index (χ1) is 10.5. The lowest BCUT2D eigenvalue weighted by Crippen LogP contribution is -2.38. The molecule has 0 bridgehead atoms. The molecule has 1 aliphatic heterocycles. The van der Waals surface area contributed by atoms with Gasteiger partial charge in [0.1, 0.15) is 6.61 Å². The Hall–Kier alpha value is -2.08. The summed E-state index contributed by atoms with van der Waals surface area (Å²) in [5, 5.41) is 2.75. The molecule has 0 aromatic heterocycles. The maximum atomic E-state index is 12.1. The lowest BCUT2D eigenvalue weighted by molar-refractivity contribution is -0.117. The molecule has 6 nitrogen and oxygen atoms in total. The van der Waals surface area contributed by atoms with Crippen LogP contribution in [0.1, 0.15) is 12.0 Å². The third-order valence-electron chi connectivity index (χ3n) is 3.56. The summed E-state index contributed by atoms with van der Waals surface area (Å²) in [6.45, 7) is 3.49. The summed E-state index contributed by atoms with van der Waals surface area (Å²) in [6.07, 6.45) is -0.165. The monoisotopic (exact) mass is 305 g/mol. The Balaban J connectivity index is 1.84. The first-order valence-corrected chi connectivity index (χ1v) is 7.41. The van der Waals surface area contributed by atoms with Gasteiger partial charge >= 0.3 is 6.09 Å². The van der Waals surface area contributed by atoms with E-state index in [0.717, 1.165) is 11.3 Å². The van der Waals surface area contributed by atoms with Crippen LogP contribution in [0.4, 0.5) is 10.5 Å². The number of carbonyl (C=O) groups excluding carboxylic acids is 2. The molecule has 1 fully saturated rings. The fourth-order valence-corrected chi connectivity index (χ4v) is 2.31. The van der Waals surface area contributed by atoms with Crippen LogP contribution >= 0.6 is 0 Å². The van der Waals surface area contributed by atoms with E-state index in [1.165, 1.54) is 0 Å². The molecule has 0 spiro atoms. The minimum atomic E-state index is -0.467. The maximum absolute atomic E-state index is 12.1. The number of ether oxygens (including phenoxy) is 1. The number of hydrogen-bond donors (Lipinski definition) is 1. The van der Waals surface area contributed by atoms with Gasteiger partial charge in [0.15, 0.2) is 0 Å². The number of nitrogens with zero attached hydrogens (tertiary/aromatic N) is 2. The van der Waals surface area contributed by atoms with Crippen molar-refractivity contribution in [1.29, 1.82) is 0 Å². The molecule has 0 saturated carbocycles. The van der Waals surface area contributed by atoms with Gasteiger partial charge in [-0.05, 0) is 33.2 Å². The smallest absolute Gasteiger partial charge is 0.407 e. The van der Waals surface area contributed by atoms with E-state index < -0.39 is 6.09 Å². The third-order valence-corrected chi connectivity index (χ3v) is 3.56. The largest absolute Gasteiger partial charge is 0.448 e. The van der Waals surface area contributed by atoms with Crippen LogP contribution in [0.2, 0.25) is 0 Å². The summed E-state index contributed by atoms with van der Waals surface area (Å²) in [4.78, 5) is 27.4. The Bertz CT molecular complexity index is 528. The first-order valence-electron chi connectivity index (χ1n) is 7.41. The van der Waals surface area contributed by atoms with Crippen LogP contribution < -0.4 is 10.2 Å². The number of likely N-dealkylation sites (N-methyl/N-ethyl adjacent to an activating group) is 1. The Morgan fingerprint density at radius 3 is 2.68 bits per heavy atom. The highest BCUT2D eigenvalue weighted by atomic mass is 16.5. The number of benzene rings is 1. The highest BCUT2D eigenvalue weighted by Crippen LogP contribution is 2.21. The predicted octanol–water partition coefficient (Wildman–Crippen LogP) is 1.39. The van der Waals surface area contributed by atoms with Crippen LogP contribution in [0.3, 0.4) is 0 Å². The van der Waals surface area contributed by atoms with Crippen LogP contribution in [0.25, 0.3) is 0 Å². The van der Waals surface area contributed by atoms with Crippen molar-refractivity contribution >= 4 is 17.7 Å². The van der Waals surface area contributed by atoms with E-state index in [4.69, 9.17) is 4.74 Å². The molecule has 120 valence electrons. The Morgan fingerprint density at radius 1 is 1.36 bits per heavy atom. The molecule has 0 aliphatic carbocycles. The normalized spacial score (nSPS) is 17.9. The van der Waals surface area contributed by atoms with Crippen molar-refractivity contribution in [2.24, 2.45) is 0 Å². The van der Waals surface area contributed by atoms with E-state index >= 15 is 0 Å². The molecular formula is C16H23N3O3. The van der Waals surface area contributed by atoms with Crippen molar-refractivity contribution in [2.45, 2.75) is 19.4 Å². The minimum absolute atomic E-state index is 0.0162. The van der Waals surface area contributed by atoms with Crippen LogP contribution in [0.15, 0.2) is 24.3 Å². The van der Waals surface area contributed by atoms with E-state index in [0.29, 0.717) is 26.1 Å². The van der Waals surface area contributed by atoms with Crippen LogP contribution in [0.5, 0.6) is 0 Å². The summed E-state index contributed by atoms with van der Waals surface area (Å²) >= 11 is 0. The van der Waals surface area contributed by atoms with E-state index in [-0.39, 0.29) is 11.9 Å². The highest BCUT2D eigenvalue weighted by Gasteiger charge is 2.31. The van der Waals surface area contributed by atoms with Crippen molar-refractivity contribution in [3.63, 3.8) is 0 Å². The topological polar surface area (TPSA) is 61.9 Å². The standard InChI is InChI=1S/C16H23N3O3/c1-12-4-6-14(7-5-12)19-11-13(10-15(19)20)17-16(21)22-9-8-18(2)3/h4-7,13H,8-11H2,1-3H3,(H,17,21)/t13-/m0/s1. The van der Waals surface area contributed by atoms with Crippen molar-refractivity contribution in [2.75, 3.05) is 38.7 Å². The van der Waals surface area contributed by atoms with Gasteiger partial charge < -0.3 is 19.9 Å². The van der Waals surface area contributed by atoms with E-state index in [9.17, 15) is 9.59 Å². The molecule has 1 aliphatic rings. The summed E-state index contributed by atoms with van der Waals surface area (Å²) in [5.74, 6) is 0.0162. The molecule has 1 N–H and O–H groups in total. The van der Waals surface area contributed by atoms with Gasteiger partial charge in [-0.3, -0.25) is 4.79 Å². The van der Waals surface area contributed by atoms with Crippen molar-refractivity contribution in [3.05, 3.63) is 29.8 Å². The van der Waals surface area contributed by atoms with Crippen molar-refractivity contribution in [3.8, 4) is 0 Å². The molecule has 0 radical (unpaired) electrons. The number of aryl methyl sites for hydroxylation is 1. The van der Waals surface area contributed by atoms with Crippen molar-refractivity contribution in [1.82, 2.24) is 10.2 Å². The van der Waals surface area contributed by atoms with Crippen LogP contribution in [0, 0.1) is 6.92 Å². The Labute approximate surface area is 131 Å². The zero-order chi connectivity index (χ0) is 16.1. The minimum Gasteiger partial charge on any atom is -0.448 e. The molecule has 2 rings (SSSR count). The lowest BCUT2D eigenvalue weighted by atomic mass is 10.2. The van der Waals surface area contributed by atoms with Gasteiger partial charge in [-0.15, -0.1) is 0 Å². The molecule has 2 amide bonds. The average Bonchev–Trinajstić information content (AvgIpc) is 2.80. The molecule has 1 aromatic rings. The van der Waals surface area contributed by atoms with E-state index in [1.807, 2.05) is 50.2 Å². The maximum Gasteiger partial charge on any atom is 0.407 e. The SMILES string of the molecule is Cc1ccc(N2C[C@@H](NC(=O)OCCN(C)C)CC2=O)cc1. The number of carbonyl (C=O) groups is 2. The van der Waals surface area contributed by atoms with Crippen LogP contribution in [-0.4, -0.2) is 56.7 Å². The Kier molecular flexibility index (Phi) is 5.38. The van der Waals surface area contributed by atoms with Gasteiger partial charge in [-0.25, -0.2) is 4.79 Å². The number of alkyl carbamates (subject to hydrolysis) is 1. The molecule has 1 aromatic carbocycles. The Morgan fingerprint density at radius 2 is 2.05 bits per heavy atom. The zero-order valence-corrected chi connectivity index (χ0v) is 13.3. The van der Waals surface area contributed by atoms with Gasteiger partial charge in [-0.1, -0.05) is 17.7 Å². The van der Waals surface area contributed by atoms with Crippen molar-refractivity contribution < 1.29 is 14.3 Å². The summed E-state index contributed by atoms with van der Waals surface area (Å²) in [5.41, 5.74) is 2.01. The second-order valence-electron chi connectivity index (χ2n) is 5.82. The fourth-order valence-electron chi connectivity index (χ4n) is 2.31. The number of amides is 2. The number of hydrogen-bond acceptors (Lipinski definition) is 4.